The van der Waals surface area contributed by atoms with Gasteiger partial charge in [0.15, 0.2) is 5.65 Å². The van der Waals surface area contributed by atoms with E-state index >= 15 is 0 Å². The number of fused-ring (bicyclic) bond motifs is 1. The van der Waals surface area contributed by atoms with Gasteiger partial charge in [-0.1, -0.05) is 30.3 Å². The maximum absolute atomic E-state index is 14.5. The zero-order chi connectivity index (χ0) is 18.1. The maximum atomic E-state index is 14.5. The molecule has 0 spiro atoms. The molecule has 0 saturated heterocycles. The van der Waals surface area contributed by atoms with Crippen LogP contribution in [0.1, 0.15) is 24.4 Å². The Labute approximate surface area is 150 Å². The lowest BCUT2D eigenvalue weighted by Crippen LogP contribution is -2.10. The Bertz CT molecular complexity index is 1060. The number of rotatable bonds is 4. The molecule has 0 unspecified atom stereocenters. The summed E-state index contributed by atoms with van der Waals surface area (Å²) in [7, 11) is 0. The lowest BCUT2D eigenvalue weighted by molar-refractivity contribution is 0.218. The SMILES string of the molecule is Cc1cc2nccc([C@@H](C)Oc3ccc(-c4ccccc4)c(F)c3)n2n1. The Kier molecular flexibility index (Phi) is 4.13. The van der Waals surface area contributed by atoms with Crippen LogP contribution in [0.25, 0.3) is 16.8 Å². The number of aryl methyl sites for hydroxylation is 1. The summed E-state index contributed by atoms with van der Waals surface area (Å²) in [6, 6.07) is 18.2. The monoisotopic (exact) mass is 347 g/mol. The van der Waals surface area contributed by atoms with Crippen LogP contribution in [0.15, 0.2) is 66.9 Å². The molecule has 0 aliphatic carbocycles. The number of halogens is 1. The summed E-state index contributed by atoms with van der Waals surface area (Å²) in [5, 5.41) is 4.45. The number of hydrogen-bond acceptors (Lipinski definition) is 3. The van der Waals surface area contributed by atoms with Crippen molar-refractivity contribution < 1.29 is 9.13 Å². The first-order chi connectivity index (χ1) is 12.6. The molecule has 26 heavy (non-hydrogen) atoms. The Balaban J connectivity index is 1.61. The first kappa shape index (κ1) is 16.3. The lowest BCUT2D eigenvalue weighted by Gasteiger charge is -2.16. The molecule has 130 valence electrons. The minimum Gasteiger partial charge on any atom is -0.484 e. The van der Waals surface area contributed by atoms with Gasteiger partial charge in [-0.25, -0.2) is 13.9 Å². The zero-order valence-corrected chi connectivity index (χ0v) is 14.6. The highest BCUT2D eigenvalue weighted by molar-refractivity contribution is 5.64. The molecule has 0 saturated carbocycles. The fourth-order valence-electron chi connectivity index (χ4n) is 3.02. The van der Waals surface area contributed by atoms with Crippen LogP contribution in [0.5, 0.6) is 5.75 Å². The van der Waals surface area contributed by atoms with Crippen molar-refractivity contribution in [3.05, 3.63) is 84.1 Å². The molecular formula is C21H18FN3O. The van der Waals surface area contributed by atoms with Crippen LogP contribution in [0.2, 0.25) is 0 Å². The van der Waals surface area contributed by atoms with Crippen molar-refractivity contribution in [1.29, 1.82) is 0 Å². The molecule has 1 atom stereocenters. The van der Waals surface area contributed by atoms with Crippen LogP contribution in [0, 0.1) is 12.7 Å². The summed E-state index contributed by atoms with van der Waals surface area (Å²) in [6.07, 6.45) is 1.42. The van der Waals surface area contributed by atoms with Gasteiger partial charge in [0.25, 0.3) is 0 Å². The van der Waals surface area contributed by atoms with Crippen LogP contribution < -0.4 is 4.74 Å². The Morgan fingerprint density at radius 2 is 1.85 bits per heavy atom. The van der Waals surface area contributed by atoms with Gasteiger partial charge in [0, 0.05) is 23.9 Å². The topological polar surface area (TPSA) is 39.4 Å². The van der Waals surface area contributed by atoms with Crippen molar-refractivity contribution in [3.8, 4) is 16.9 Å². The van der Waals surface area contributed by atoms with Crippen LogP contribution in [0.4, 0.5) is 4.39 Å². The van der Waals surface area contributed by atoms with E-state index in [1.165, 1.54) is 6.07 Å². The minimum atomic E-state index is -0.310. The van der Waals surface area contributed by atoms with Crippen molar-refractivity contribution in [3.63, 3.8) is 0 Å². The number of benzene rings is 2. The van der Waals surface area contributed by atoms with Crippen molar-refractivity contribution in [2.24, 2.45) is 0 Å². The average Bonchev–Trinajstić information content (AvgIpc) is 3.02. The van der Waals surface area contributed by atoms with Gasteiger partial charge in [-0.15, -0.1) is 0 Å². The zero-order valence-electron chi connectivity index (χ0n) is 14.6. The molecule has 5 heteroatoms. The molecule has 0 aliphatic heterocycles. The summed E-state index contributed by atoms with van der Waals surface area (Å²) >= 11 is 0. The van der Waals surface area contributed by atoms with E-state index in [2.05, 4.69) is 10.1 Å². The largest absolute Gasteiger partial charge is 0.484 e. The molecule has 0 bridgehead atoms. The van der Waals surface area contributed by atoms with Gasteiger partial charge in [0.05, 0.1) is 11.4 Å². The van der Waals surface area contributed by atoms with Crippen molar-refractivity contribution in [2.45, 2.75) is 20.0 Å². The van der Waals surface area contributed by atoms with E-state index in [0.717, 1.165) is 22.6 Å². The molecule has 2 aromatic heterocycles. The van der Waals surface area contributed by atoms with E-state index in [0.29, 0.717) is 11.3 Å². The molecule has 4 nitrogen and oxygen atoms in total. The predicted octanol–water partition coefficient (Wildman–Crippen LogP) is 4.98. The van der Waals surface area contributed by atoms with E-state index in [9.17, 15) is 4.39 Å². The minimum absolute atomic E-state index is 0.304. The fourth-order valence-corrected chi connectivity index (χ4v) is 3.02. The van der Waals surface area contributed by atoms with Crippen molar-refractivity contribution in [2.75, 3.05) is 0 Å². The summed E-state index contributed by atoms with van der Waals surface area (Å²) in [6.45, 7) is 3.83. The molecule has 4 aromatic rings. The van der Waals surface area contributed by atoms with Crippen LogP contribution in [-0.2, 0) is 0 Å². The number of hydrogen-bond donors (Lipinski definition) is 0. The molecule has 0 fully saturated rings. The van der Waals surface area contributed by atoms with E-state index in [4.69, 9.17) is 4.74 Å². The third-order valence-corrected chi connectivity index (χ3v) is 4.26. The molecule has 0 amide bonds. The van der Waals surface area contributed by atoms with Crippen LogP contribution in [0.3, 0.4) is 0 Å². The van der Waals surface area contributed by atoms with Gasteiger partial charge >= 0.3 is 0 Å². The second-order valence-electron chi connectivity index (χ2n) is 6.19. The second-order valence-corrected chi connectivity index (χ2v) is 6.19. The Morgan fingerprint density at radius 3 is 2.62 bits per heavy atom. The van der Waals surface area contributed by atoms with Crippen molar-refractivity contribution >= 4 is 5.65 Å². The van der Waals surface area contributed by atoms with Gasteiger partial charge in [-0.05, 0) is 37.6 Å². The van der Waals surface area contributed by atoms with Gasteiger partial charge < -0.3 is 4.74 Å². The molecule has 0 radical (unpaired) electrons. The van der Waals surface area contributed by atoms with E-state index < -0.39 is 0 Å². The Hall–Kier alpha value is -3.21. The number of aromatic nitrogens is 3. The third kappa shape index (κ3) is 3.04. The number of ether oxygens (including phenoxy) is 1. The lowest BCUT2D eigenvalue weighted by atomic mass is 10.1. The molecule has 0 aliphatic rings. The normalized spacial score (nSPS) is 12.3. The quantitative estimate of drug-likeness (QED) is 0.522. The van der Waals surface area contributed by atoms with Crippen molar-refractivity contribution in [1.82, 2.24) is 14.6 Å². The second kappa shape index (κ2) is 6.59. The third-order valence-electron chi connectivity index (χ3n) is 4.26. The van der Waals surface area contributed by atoms with Crippen LogP contribution >= 0.6 is 0 Å². The van der Waals surface area contributed by atoms with E-state index in [-0.39, 0.29) is 11.9 Å². The average molecular weight is 347 g/mol. The first-order valence-electron chi connectivity index (χ1n) is 8.45. The van der Waals surface area contributed by atoms with Gasteiger partial charge in [-0.2, -0.15) is 5.10 Å². The van der Waals surface area contributed by atoms with E-state index in [1.807, 2.05) is 56.3 Å². The van der Waals surface area contributed by atoms with E-state index in [1.54, 1.807) is 22.8 Å². The highest BCUT2D eigenvalue weighted by atomic mass is 19.1. The highest BCUT2D eigenvalue weighted by Crippen LogP contribution is 2.28. The molecular weight excluding hydrogens is 329 g/mol. The molecule has 4 rings (SSSR count). The maximum Gasteiger partial charge on any atom is 0.155 e. The van der Waals surface area contributed by atoms with Gasteiger partial charge in [0.2, 0.25) is 0 Å². The summed E-state index contributed by atoms with van der Waals surface area (Å²) in [5.41, 5.74) is 3.90. The highest BCUT2D eigenvalue weighted by Gasteiger charge is 2.14. The summed E-state index contributed by atoms with van der Waals surface area (Å²) < 4.78 is 22.3. The molecule has 0 N–H and O–H groups in total. The molecule has 2 heterocycles. The summed E-state index contributed by atoms with van der Waals surface area (Å²) in [4.78, 5) is 4.30. The smallest absolute Gasteiger partial charge is 0.155 e. The number of nitrogens with zero attached hydrogens (tertiary/aromatic N) is 3. The fraction of sp³-hybridized carbons (Fsp3) is 0.143. The molecule has 2 aromatic carbocycles. The van der Waals surface area contributed by atoms with Gasteiger partial charge in [0.1, 0.15) is 17.7 Å². The van der Waals surface area contributed by atoms with Crippen LogP contribution in [-0.4, -0.2) is 14.6 Å². The summed E-state index contributed by atoms with van der Waals surface area (Å²) in [5.74, 6) is 0.166. The predicted molar refractivity (Wildman–Crippen MR) is 98.6 cm³/mol. The standard InChI is InChI=1S/C21H18FN3O/c1-14-12-21-23-11-10-20(25(21)24-14)15(2)26-17-8-9-18(19(22)13-17)16-6-4-3-5-7-16/h3-13,15H,1-2H3/t15-/m1/s1. The first-order valence-corrected chi connectivity index (χ1v) is 8.45. The Morgan fingerprint density at radius 1 is 1.04 bits per heavy atom. The van der Waals surface area contributed by atoms with Gasteiger partial charge in [-0.3, -0.25) is 0 Å².